The molecule has 4 heteroatoms. The topological polar surface area (TPSA) is 78.2 Å². The van der Waals surface area contributed by atoms with E-state index in [1.807, 2.05) is 6.07 Å². The number of benzene rings is 1. The fourth-order valence-electron chi connectivity index (χ4n) is 1.71. The van der Waals surface area contributed by atoms with E-state index in [-0.39, 0.29) is 5.56 Å². The molecule has 1 N–H and O–H groups in total. The molecule has 2 aromatic rings. The molecule has 21 heavy (non-hydrogen) atoms. The monoisotopic (exact) mass is 277 g/mol. The molecular formula is C17H11NO3. The Morgan fingerprint density at radius 2 is 1.76 bits per heavy atom. The van der Waals surface area contributed by atoms with E-state index in [2.05, 4.69) is 0 Å². The van der Waals surface area contributed by atoms with Crippen LogP contribution >= 0.6 is 0 Å². The molecule has 0 bridgehead atoms. The molecule has 4 nitrogen and oxygen atoms in total. The molecule has 0 unspecified atom stereocenters. The molecule has 0 fully saturated rings. The minimum atomic E-state index is -0.602. The van der Waals surface area contributed by atoms with Crippen molar-refractivity contribution in [3.05, 3.63) is 81.5 Å². The van der Waals surface area contributed by atoms with E-state index in [4.69, 9.17) is 5.26 Å². The van der Waals surface area contributed by atoms with E-state index in [1.165, 1.54) is 30.3 Å². The van der Waals surface area contributed by atoms with Crippen molar-refractivity contribution in [3.8, 4) is 11.8 Å². The summed E-state index contributed by atoms with van der Waals surface area (Å²) in [5.74, 6) is -1.03. The minimum absolute atomic E-state index is 0.0464. The second-order valence-corrected chi connectivity index (χ2v) is 4.28. The maximum absolute atomic E-state index is 12.0. The van der Waals surface area contributed by atoms with Crippen LogP contribution in [0.25, 0.3) is 6.08 Å². The molecule has 0 aliphatic carbocycles. The van der Waals surface area contributed by atoms with Gasteiger partial charge in [-0.1, -0.05) is 30.3 Å². The molecule has 0 heterocycles. The highest BCUT2D eigenvalue weighted by atomic mass is 16.3. The molecule has 0 aliphatic rings. The summed E-state index contributed by atoms with van der Waals surface area (Å²) in [7, 11) is 0. The summed E-state index contributed by atoms with van der Waals surface area (Å²) in [4.78, 5) is 23.4. The standard InChI is InChI=1S/C17H11NO3/c18-11-13-7-5-12(6-8-13)9-10-15(19)14-3-1-2-4-16(20)17(14)21/h1-10H,(H,20,21)/b10-9-. The van der Waals surface area contributed by atoms with E-state index in [0.717, 1.165) is 5.56 Å². The number of hydrogen-bond donors (Lipinski definition) is 1. The summed E-state index contributed by atoms with van der Waals surface area (Å²) >= 11 is 0. The Kier molecular flexibility index (Phi) is 4.27. The van der Waals surface area contributed by atoms with E-state index in [1.54, 1.807) is 30.3 Å². The Balaban J connectivity index is 2.28. The Bertz CT molecular complexity index is 799. The van der Waals surface area contributed by atoms with Crippen LogP contribution < -0.4 is 5.43 Å². The molecule has 0 aliphatic heterocycles. The van der Waals surface area contributed by atoms with Crippen molar-refractivity contribution in [2.24, 2.45) is 0 Å². The highest BCUT2D eigenvalue weighted by Gasteiger charge is 2.09. The van der Waals surface area contributed by atoms with Crippen LogP contribution in [-0.4, -0.2) is 10.9 Å². The smallest absolute Gasteiger partial charge is 0.220 e. The first-order chi connectivity index (χ1) is 10.1. The van der Waals surface area contributed by atoms with Gasteiger partial charge in [0.1, 0.15) is 0 Å². The second kappa shape index (κ2) is 6.31. The lowest BCUT2D eigenvalue weighted by molar-refractivity contribution is 0.104. The largest absolute Gasteiger partial charge is 0.504 e. The molecule has 102 valence electrons. The molecule has 0 saturated carbocycles. The van der Waals surface area contributed by atoms with Crippen molar-refractivity contribution < 1.29 is 9.90 Å². The lowest BCUT2D eigenvalue weighted by atomic mass is 10.1. The van der Waals surface area contributed by atoms with Gasteiger partial charge in [0.25, 0.3) is 0 Å². The highest BCUT2D eigenvalue weighted by molar-refractivity contribution is 6.08. The van der Waals surface area contributed by atoms with Gasteiger partial charge in [-0.2, -0.15) is 5.26 Å². The van der Waals surface area contributed by atoms with Crippen LogP contribution in [0.4, 0.5) is 0 Å². The summed E-state index contributed by atoms with van der Waals surface area (Å²) in [6.07, 6.45) is 2.83. The summed E-state index contributed by atoms with van der Waals surface area (Å²) in [5.41, 5.74) is 0.622. The molecule has 2 rings (SSSR count). The quantitative estimate of drug-likeness (QED) is 0.690. The van der Waals surface area contributed by atoms with Gasteiger partial charge in [0.05, 0.1) is 17.2 Å². The van der Waals surface area contributed by atoms with Crippen molar-refractivity contribution in [3.63, 3.8) is 0 Å². The summed E-state index contributed by atoms with van der Waals surface area (Å²) in [6.45, 7) is 0. The molecule has 0 radical (unpaired) electrons. The van der Waals surface area contributed by atoms with E-state index >= 15 is 0 Å². The predicted molar refractivity (Wildman–Crippen MR) is 78.9 cm³/mol. The third-order valence-electron chi connectivity index (χ3n) is 2.84. The Morgan fingerprint density at radius 3 is 2.43 bits per heavy atom. The maximum atomic E-state index is 12.0. The number of allylic oxidation sites excluding steroid dienone is 1. The molecule has 0 aromatic heterocycles. The molecule has 0 spiro atoms. The van der Waals surface area contributed by atoms with Crippen LogP contribution in [0.15, 0.2) is 59.4 Å². The van der Waals surface area contributed by atoms with Gasteiger partial charge < -0.3 is 5.11 Å². The fourth-order valence-corrected chi connectivity index (χ4v) is 1.71. The average molecular weight is 277 g/mol. The zero-order valence-electron chi connectivity index (χ0n) is 11.0. The summed E-state index contributed by atoms with van der Waals surface area (Å²) < 4.78 is 0. The van der Waals surface area contributed by atoms with Gasteiger partial charge in [0.2, 0.25) is 5.43 Å². The minimum Gasteiger partial charge on any atom is -0.504 e. The van der Waals surface area contributed by atoms with E-state index in [9.17, 15) is 14.7 Å². The van der Waals surface area contributed by atoms with Gasteiger partial charge in [0, 0.05) is 0 Å². The zero-order chi connectivity index (χ0) is 15.2. The van der Waals surface area contributed by atoms with Gasteiger partial charge in [-0.05, 0) is 35.9 Å². The van der Waals surface area contributed by atoms with Gasteiger partial charge in [-0.3, -0.25) is 9.59 Å². The van der Waals surface area contributed by atoms with Crippen LogP contribution in [0.2, 0.25) is 0 Å². The SMILES string of the molecule is N#Cc1ccc(/C=C\C(=O)c2ccccc(=O)c2O)cc1. The zero-order valence-corrected chi connectivity index (χ0v) is 11.0. The number of nitriles is 1. The van der Waals surface area contributed by atoms with Crippen LogP contribution in [0, 0.1) is 11.3 Å². The van der Waals surface area contributed by atoms with Crippen molar-refractivity contribution in [2.45, 2.75) is 0 Å². The summed E-state index contributed by atoms with van der Waals surface area (Å²) in [5, 5.41) is 18.4. The Hall–Kier alpha value is -3.19. The summed E-state index contributed by atoms with van der Waals surface area (Å²) in [6, 6.07) is 14.2. The van der Waals surface area contributed by atoms with Gasteiger partial charge >= 0.3 is 0 Å². The van der Waals surface area contributed by atoms with E-state index < -0.39 is 17.0 Å². The number of hydrogen-bond acceptors (Lipinski definition) is 4. The molecule has 0 atom stereocenters. The number of aromatic hydroxyl groups is 1. The molecule has 2 aromatic carbocycles. The Morgan fingerprint density at radius 1 is 1.10 bits per heavy atom. The number of nitrogens with zero attached hydrogens (tertiary/aromatic N) is 1. The predicted octanol–water partition coefficient (Wildman–Crippen LogP) is 2.52. The van der Waals surface area contributed by atoms with E-state index in [0.29, 0.717) is 5.56 Å². The van der Waals surface area contributed by atoms with Crippen LogP contribution in [0.3, 0.4) is 0 Å². The average Bonchev–Trinajstić information content (AvgIpc) is 2.68. The molecule has 0 saturated heterocycles. The van der Waals surface area contributed by atoms with Crippen LogP contribution in [0.5, 0.6) is 5.75 Å². The highest BCUT2D eigenvalue weighted by Crippen LogP contribution is 2.12. The van der Waals surface area contributed by atoms with Gasteiger partial charge in [-0.15, -0.1) is 0 Å². The van der Waals surface area contributed by atoms with Crippen molar-refractivity contribution in [1.29, 1.82) is 5.26 Å². The normalized spacial score (nSPS) is 10.2. The number of ketones is 1. The first-order valence-corrected chi connectivity index (χ1v) is 6.16. The van der Waals surface area contributed by atoms with Crippen molar-refractivity contribution in [2.75, 3.05) is 0 Å². The fraction of sp³-hybridized carbons (Fsp3) is 0. The van der Waals surface area contributed by atoms with Crippen molar-refractivity contribution in [1.82, 2.24) is 0 Å². The molecular weight excluding hydrogens is 266 g/mol. The first-order valence-electron chi connectivity index (χ1n) is 6.16. The van der Waals surface area contributed by atoms with Crippen LogP contribution in [-0.2, 0) is 0 Å². The molecule has 0 amide bonds. The number of rotatable bonds is 3. The van der Waals surface area contributed by atoms with Crippen LogP contribution in [0.1, 0.15) is 21.5 Å². The van der Waals surface area contributed by atoms with Crippen molar-refractivity contribution >= 4 is 11.9 Å². The third-order valence-corrected chi connectivity index (χ3v) is 2.84. The Labute approximate surface area is 121 Å². The maximum Gasteiger partial charge on any atom is 0.220 e. The van der Waals surface area contributed by atoms with Gasteiger partial charge in [0.15, 0.2) is 11.5 Å². The number of carbonyl (C=O) groups excluding carboxylic acids is 1. The second-order valence-electron chi connectivity index (χ2n) is 4.28. The lowest BCUT2D eigenvalue weighted by Gasteiger charge is -1.96. The first kappa shape index (κ1) is 14.2. The van der Waals surface area contributed by atoms with Gasteiger partial charge in [-0.25, -0.2) is 0 Å². The third kappa shape index (κ3) is 3.43. The number of carbonyl (C=O) groups is 1. The lowest BCUT2D eigenvalue weighted by Crippen LogP contribution is -2.01.